The van der Waals surface area contributed by atoms with Crippen LogP contribution in [0.15, 0.2) is 58.7 Å². The SMILES string of the molecule is O=C(CC1S/C(=N/N=C/c2ccc(Cl)cc2)NC1=O)c1ccc(F)cc1. The summed E-state index contributed by atoms with van der Waals surface area (Å²) in [6.07, 6.45) is 1.54. The molecule has 2 aromatic carbocycles. The van der Waals surface area contributed by atoms with E-state index in [0.29, 0.717) is 15.8 Å². The van der Waals surface area contributed by atoms with Gasteiger partial charge in [-0.3, -0.25) is 9.59 Å². The van der Waals surface area contributed by atoms with Crippen LogP contribution in [0.3, 0.4) is 0 Å². The lowest BCUT2D eigenvalue weighted by Gasteiger charge is -2.04. The summed E-state index contributed by atoms with van der Waals surface area (Å²) in [4.78, 5) is 24.2. The number of carbonyl (C=O) groups is 2. The van der Waals surface area contributed by atoms with E-state index in [-0.39, 0.29) is 18.1 Å². The second-order valence-corrected chi connectivity index (χ2v) is 7.06. The molecule has 0 aliphatic carbocycles. The molecule has 1 aliphatic heterocycles. The summed E-state index contributed by atoms with van der Waals surface area (Å²) >= 11 is 6.95. The van der Waals surface area contributed by atoms with Crippen molar-refractivity contribution in [2.24, 2.45) is 10.2 Å². The van der Waals surface area contributed by atoms with E-state index in [1.807, 2.05) is 0 Å². The first-order valence-corrected chi connectivity index (χ1v) is 8.90. The molecular formula is C18H13ClFN3O2S. The first-order valence-electron chi connectivity index (χ1n) is 7.64. The van der Waals surface area contributed by atoms with Gasteiger partial charge in [-0.15, -0.1) is 5.10 Å². The summed E-state index contributed by atoms with van der Waals surface area (Å²) < 4.78 is 12.9. The number of amidine groups is 1. The van der Waals surface area contributed by atoms with Gasteiger partial charge in [0, 0.05) is 17.0 Å². The van der Waals surface area contributed by atoms with Crippen LogP contribution in [0, 0.1) is 5.82 Å². The fourth-order valence-electron chi connectivity index (χ4n) is 2.21. The molecule has 2 aromatic rings. The molecule has 0 radical (unpaired) electrons. The lowest BCUT2D eigenvalue weighted by molar-refractivity contribution is -0.118. The van der Waals surface area contributed by atoms with Gasteiger partial charge < -0.3 is 5.32 Å². The Labute approximate surface area is 158 Å². The van der Waals surface area contributed by atoms with Crippen molar-refractivity contribution in [3.05, 3.63) is 70.5 Å². The number of hydrogen-bond acceptors (Lipinski definition) is 5. The maximum Gasteiger partial charge on any atom is 0.240 e. The maximum atomic E-state index is 12.9. The third-order valence-electron chi connectivity index (χ3n) is 3.54. The Morgan fingerprint density at radius 2 is 1.88 bits per heavy atom. The standard InChI is InChI=1S/C18H13ClFN3O2S/c19-13-5-1-11(2-6-13)10-21-23-18-22-17(25)16(26-18)9-15(24)12-3-7-14(20)8-4-12/h1-8,10,16H,9H2,(H,22,23,25)/b21-10+. The molecule has 1 amide bonds. The number of nitrogens with one attached hydrogen (secondary N) is 1. The summed E-state index contributed by atoms with van der Waals surface area (Å²) in [5.41, 5.74) is 1.18. The fourth-order valence-corrected chi connectivity index (χ4v) is 3.26. The minimum absolute atomic E-state index is 0.00203. The second kappa shape index (κ2) is 8.25. The summed E-state index contributed by atoms with van der Waals surface area (Å²) in [6.45, 7) is 0. The van der Waals surface area contributed by atoms with Gasteiger partial charge in [0.25, 0.3) is 0 Å². The number of hydrogen-bond donors (Lipinski definition) is 1. The molecule has 5 nitrogen and oxygen atoms in total. The minimum atomic E-state index is -0.586. The largest absolute Gasteiger partial charge is 0.303 e. The van der Waals surface area contributed by atoms with Gasteiger partial charge in [0.1, 0.15) is 5.82 Å². The van der Waals surface area contributed by atoms with Crippen LogP contribution >= 0.6 is 23.4 Å². The normalized spacial score (nSPS) is 18.5. The smallest absolute Gasteiger partial charge is 0.240 e. The Hall–Kier alpha value is -2.51. The van der Waals surface area contributed by atoms with Crippen molar-refractivity contribution in [1.82, 2.24) is 5.32 Å². The number of halogens is 2. The molecule has 1 saturated heterocycles. The molecule has 1 aliphatic rings. The number of Topliss-reactive ketones (excluding diaryl/α,β-unsaturated/α-hetero) is 1. The average Bonchev–Trinajstić information content (AvgIpc) is 2.97. The highest BCUT2D eigenvalue weighted by Gasteiger charge is 2.32. The molecule has 1 N–H and O–H groups in total. The Morgan fingerprint density at radius 3 is 2.58 bits per heavy atom. The molecule has 1 fully saturated rings. The number of rotatable bonds is 5. The van der Waals surface area contributed by atoms with Crippen LogP contribution in [0.2, 0.25) is 5.02 Å². The fraction of sp³-hybridized carbons (Fsp3) is 0.111. The molecule has 26 heavy (non-hydrogen) atoms. The topological polar surface area (TPSA) is 70.9 Å². The quantitative estimate of drug-likeness (QED) is 0.481. The van der Waals surface area contributed by atoms with Crippen LogP contribution in [0.1, 0.15) is 22.3 Å². The van der Waals surface area contributed by atoms with Crippen LogP contribution in [0.4, 0.5) is 4.39 Å². The van der Waals surface area contributed by atoms with E-state index in [1.54, 1.807) is 24.3 Å². The van der Waals surface area contributed by atoms with Crippen LogP contribution in [-0.4, -0.2) is 28.3 Å². The van der Waals surface area contributed by atoms with Gasteiger partial charge in [-0.2, -0.15) is 5.10 Å². The highest BCUT2D eigenvalue weighted by molar-refractivity contribution is 8.15. The highest BCUT2D eigenvalue weighted by Crippen LogP contribution is 2.24. The summed E-state index contributed by atoms with van der Waals surface area (Å²) in [5.74, 6) is -0.947. The Bertz CT molecular complexity index is 882. The second-order valence-electron chi connectivity index (χ2n) is 5.43. The van der Waals surface area contributed by atoms with Crippen molar-refractivity contribution >= 4 is 46.4 Å². The van der Waals surface area contributed by atoms with Crippen LogP contribution in [0.25, 0.3) is 0 Å². The van der Waals surface area contributed by atoms with Gasteiger partial charge in [-0.25, -0.2) is 4.39 Å². The summed E-state index contributed by atoms with van der Waals surface area (Å²) in [7, 11) is 0. The Balaban J connectivity index is 1.60. The van der Waals surface area contributed by atoms with Crippen molar-refractivity contribution in [1.29, 1.82) is 0 Å². The number of benzene rings is 2. The predicted octanol–water partition coefficient (Wildman–Crippen LogP) is 3.67. The summed E-state index contributed by atoms with van der Waals surface area (Å²) in [6, 6.07) is 12.3. The molecule has 132 valence electrons. The molecule has 1 atom stereocenters. The van der Waals surface area contributed by atoms with E-state index < -0.39 is 11.1 Å². The molecule has 1 heterocycles. The number of thioether (sulfide) groups is 1. The first-order chi connectivity index (χ1) is 12.5. The number of carbonyl (C=O) groups excluding carboxylic acids is 2. The van der Waals surface area contributed by atoms with Gasteiger partial charge >= 0.3 is 0 Å². The Kier molecular flexibility index (Phi) is 5.80. The highest BCUT2D eigenvalue weighted by atomic mass is 35.5. The number of amides is 1. The summed E-state index contributed by atoms with van der Waals surface area (Å²) in [5, 5.41) is 10.8. The molecule has 0 bridgehead atoms. The lowest BCUT2D eigenvalue weighted by atomic mass is 10.1. The van der Waals surface area contributed by atoms with Crippen LogP contribution in [0.5, 0.6) is 0 Å². The third kappa shape index (κ3) is 4.77. The molecule has 8 heteroatoms. The van der Waals surface area contributed by atoms with Gasteiger partial charge in [0.15, 0.2) is 11.0 Å². The van der Waals surface area contributed by atoms with Crippen LogP contribution < -0.4 is 5.32 Å². The van der Waals surface area contributed by atoms with E-state index in [2.05, 4.69) is 15.5 Å². The zero-order chi connectivity index (χ0) is 18.5. The molecule has 1 unspecified atom stereocenters. The van der Waals surface area contributed by atoms with Crippen molar-refractivity contribution in [3.63, 3.8) is 0 Å². The molecular weight excluding hydrogens is 377 g/mol. The predicted molar refractivity (Wildman–Crippen MR) is 101 cm³/mol. The van der Waals surface area contributed by atoms with Gasteiger partial charge in [-0.05, 0) is 42.0 Å². The Morgan fingerprint density at radius 1 is 1.19 bits per heavy atom. The van der Waals surface area contributed by atoms with E-state index in [1.165, 1.54) is 30.5 Å². The third-order valence-corrected chi connectivity index (χ3v) is 4.86. The lowest BCUT2D eigenvalue weighted by Crippen LogP contribution is -2.26. The average molecular weight is 390 g/mol. The number of ketones is 1. The molecule has 3 rings (SSSR count). The van der Waals surface area contributed by atoms with Crippen molar-refractivity contribution in [2.45, 2.75) is 11.7 Å². The van der Waals surface area contributed by atoms with Crippen molar-refractivity contribution in [3.8, 4) is 0 Å². The number of nitrogens with zero attached hydrogens (tertiary/aromatic N) is 2. The monoisotopic (exact) mass is 389 g/mol. The minimum Gasteiger partial charge on any atom is -0.303 e. The van der Waals surface area contributed by atoms with Crippen molar-refractivity contribution < 1.29 is 14.0 Å². The first kappa shape index (κ1) is 18.3. The molecule has 0 spiro atoms. The van der Waals surface area contributed by atoms with Gasteiger partial charge in [-0.1, -0.05) is 35.5 Å². The molecule has 0 saturated carbocycles. The van der Waals surface area contributed by atoms with Crippen molar-refractivity contribution in [2.75, 3.05) is 0 Å². The zero-order valence-corrected chi connectivity index (χ0v) is 14.9. The van der Waals surface area contributed by atoms with E-state index in [4.69, 9.17) is 11.6 Å². The van der Waals surface area contributed by atoms with E-state index >= 15 is 0 Å². The van der Waals surface area contributed by atoms with E-state index in [9.17, 15) is 14.0 Å². The maximum absolute atomic E-state index is 12.9. The van der Waals surface area contributed by atoms with Crippen LogP contribution in [-0.2, 0) is 4.79 Å². The van der Waals surface area contributed by atoms with Gasteiger partial charge in [0.05, 0.1) is 11.5 Å². The van der Waals surface area contributed by atoms with Gasteiger partial charge in [0.2, 0.25) is 5.91 Å². The zero-order valence-electron chi connectivity index (χ0n) is 13.4. The molecule has 0 aromatic heterocycles. The van der Waals surface area contributed by atoms with E-state index in [0.717, 1.165) is 17.3 Å².